The number of nitro benzene ring substituents is 1. The molecule has 98 valence electrons. The zero-order valence-electron chi connectivity index (χ0n) is 10.2. The standard InChI is InChI=1S/C12H10N2O5/c1-6-4-3-5-8(10(6)14(17)18)11-13-9(12(15)16)7(2)19-11/h3-5H,1-2H3,(H,15,16). The van der Waals surface area contributed by atoms with Crippen molar-refractivity contribution in [3.63, 3.8) is 0 Å². The van der Waals surface area contributed by atoms with Gasteiger partial charge in [0.2, 0.25) is 5.89 Å². The molecule has 7 heteroatoms. The minimum Gasteiger partial charge on any atom is -0.476 e. The Bertz CT molecular complexity index is 675. The largest absolute Gasteiger partial charge is 0.476 e. The maximum absolute atomic E-state index is 11.1. The summed E-state index contributed by atoms with van der Waals surface area (Å²) in [6.45, 7) is 3.04. The number of carbonyl (C=O) groups is 1. The lowest BCUT2D eigenvalue weighted by atomic mass is 10.1. The van der Waals surface area contributed by atoms with E-state index in [0.29, 0.717) is 5.56 Å². The number of para-hydroxylation sites is 1. The van der Waals surface area contributed by atoms with E-state index in [4.69, 9.17) is 9.52 Å². The SMILES string of the molecule is Cc1cccc(-c2nc(C(=O)O)c(C)o2)c1[N+](=O)[O-]. The van der Waals surface area contributed by atoms with E-state index in [1.807, 2.05) is 0 Å². The summed E-state index contributed by atoms with van der Waals surface area (Å²) in [4.78, 5) is 25.2. The number of oxazole rings is 1. The molecule has 2 rings (SSSR count). The molecule has 19 heavy (non-hydrogen) atoms. The number of nitro groups is 1. The van der Waals surface area contributed by atoms with Crippen molar-refractivity contribution in [2.75, 3.05) is 0 Å². The molecule has 1 aromatic carbocycles. The van der Waals surface area contributed by atoms with Crippen LogP contribution in [0.15, 0.2) is 22.6 Å². The molecule has 0 saturated carbocycles. The van der Waals surface area contributed by atoms with Crippen LogP contribution in [0.25, 0.3) is 11.5 Å². The Hall–Kier alpha value is -2.70. The molecule has 0 aliphatic rings. The number of rotatable bonds is 3. The Morgan fingerprint density at radius 3 is 2.63 bits per heavy atom. The van der Waals surface area contributed by atoms with Crippen LogP contribution in [-0.2, 0) is 0 Å². The molecule has 1 aromatic heterocycles. The fourth-order valence-corrected chi connectivity index (χ4v) is 1.78. The monoisotopic (exact) mass is 262 g/mol. The summed E-state index contributed by atoms with van der Waals surface area (Å²) < 4.78 is 5.21. The minimum absolute atomic E-state index is 0.0645. The third kappa shape index (κ3) is 2.17. The Labute approximate surface area is 107 Å². The number of nitrogens with zero attached hydrogens (tertiary/aromatic N) is 2. The second kappa shape index (κ2) is 4.52. The fraction of sp³-hybridized carbons (Fsp3) is 0.167. The molecule has 0 saturated heterocycles. The molecule has 0 amide bonds. The Morgan fingerprint density at radius 2 is 2.11 bits per heavy atom. The topological polar surface area (TPSA) is 106 Å². The van der Waals surface area contributed by atoms with Crippen LogP contribution in [0.4, 0.5) is 5.69 Å². The van der Waals surface area contributed by atoms with Crippen molar-refractivity contribution >= 4 is 11.7 Å². The third-order valence-electron chi connectivity index (χ3n) is 2.65. The van der Waals surface area contributed by atoms with Crippen LogP contribution in [0.1, 0.15) is 21.8 Å². The predicted molar refractivity (Wildman–Crippen MR) is 65.0 cm³/mol. The van der Waals surface area contributed by atoms with Crippen LogP contribution < -0.4 is 0 Å². The van der Waals surface area contributed by atoms with E-state index in [0.717, 1.165) is 0 Å². The number of hydrogen-bond donors (Lipinski definition) is 1. The zero-order valence-corrected chi connectivity index (χ0v) is 10.2. The highest BCUT2D eigenvalue weighted by Gasteiger charge is 2.24. The first kappa shape index (κ1) is 12.7. The number of aromatic nitrogens is 1. The molecule has 0 radical (unpaired) electrons. The first-order valence-corrected chi connectivity index (χ1v) is 5.37. The van der Waals surface area contributed by atoms with E-state index in [2.05, 4.69) is 4.98 Å². The van der Waals surface area contributed by atoms with Crippen LogP contribution in [0.3, 0.4) is 0 Å². The molecule has 7 nitrogen and oxygen atoms in total. The summed E-state index contributed by atoms with van der Waals surface area (Å²) in [6, 6.07) is 4.69. The zero-order chi connectivity index (χ0) is 14.2. The van der Waals surface area contributed by atoms with E-state index in [1.165, 1.54) is 13.0 Å². The molecule has 0 fully saturated rings. The summed E-state index contributed by atoms with van der Waals surface area (Å²) >= 11 is 0. The lowest BCUT2D eigenvalue weighted by Gasteiger charge is -2.01. The van der Waals surface area contributed by atoms with Gasteiger partial charge in [0.15, 0.2) is 5.69 Å². The van der Waals surface area contributed by atoms with Gasteiger partial charge in [-0.15, -0.1) is 0 Å². The molecule has 0 aliphatic heterocycles. The van der Waals surface area contributed by atoms with Crippen LogP contribution in [0, 0.1) is 24.0 Å². The van der Waals surface area contributed by atoms with Crippen LogP contribution in [-0.4, -0.2) is 21.0 Å². The van der Waals surface area contributed by atoms with Crippen molar-refractivity contribution < 1.29 is 19.2 Å². The Kier molecular flexibility index (Phi) is 3.04. The van der Waals surface area contributed by atoms with Crippen molar-refractivity contribution in [1.82, 2.24) is 4.98 Å². The summed E-state index contributed by atoms with van der Waals surface area (Å²) in [6.07, 6.45) is 0. The molecule has 1 heterocycles. The molecule has 0 bridgehead atoms. The Morgan fingerprint density at radius 1 is 1.42 bits per heavy atom. The summed E-state index contributed by atoms with van der Waals surface area (Å²) in [5, 5.41) is 20.0. The summed E-state index contributed by atoms with van der Waals surface area (Å²) in [5.41, 5.74) is 0.238. The van der Waals surface area contributed by atoms with Gasteiger partial charge in [-0.2, -0.15) is 0 Å². The Balaban J connectivity index is 2.66. The lowest BCUT2D eigenvalue weighted by Crippen LogP contribution is -1.99. The lowest BCUT2D eigenvalue weighted by molar-refractivity contribution is -0.384. The second-order valence-corrected chi connectivity index (χ2v) is 3.96. The normalized spacial score (nSPS) is 10.4. The molecule has 0 atom stereocenters. The highest BCUT2D eigenvalue weighted by Crippen LogP contribution is 2.32. The second-order valence-electron chi connectivity index (χ2n) is 3.96. The van der Waals surface area contributed by atoms with Gasteiger partial charge in [0.1, 0.15) is 11.3 Å². The molecule has 2 aromatic rings. The van der Waals surface area contributed by atoms with Gasteiger partial charge in [0.05, 0.1) is 4.92 Å². The van der Waals surface area contributed by atoms with Gasteiger partial charge in [-0.05, 0) is 19.9 Å². The maximum atomic E-state index is 11.1. The fourth-order valence-electron chi connectivity index (χ4n) is 1.78. The molecule has 0 unspecified atom stereocenters. The molecule has 0 spiro atoms. The highest BCUT2D eigenvalue weighted by molar-refractivity contribution is 5.87. The average Bonchev–Trinajstić information content (AvgIpc) is 2.70. The highest BCUT2D eigenvalue weighted by atomic mass is 16.6. The van der Waals surface area contributed by atoms with Crippen LogP contribution in [0.2, 0.25) is 0 Å². The van der Waals surface area contributed by atoms with Crippen molar-refractivity contribution in [3.05, 3.63) is 45.3 Å². The van der Waals surface area contributed by atoms with Crippen molar-refractivity contribution in [2.24, 2.45) is 0 Å². The van der Waals surface area contributed by atoms with E-state index in [-0.39, 0.29) is 28.6 Å². The third-order valence-corrected chi connectivity index (χ3v) is 2.65. The summed E-state index contributed by atoms with van der Waals surface area (Å²) in [5.74, 6) is -1.19. The van der Waals surface area contributed by atoms with E-state index < -0.39 is 10.9 Å². The van der Waals surface area contributed by atoms with Gasteiger partial charge in [-0.1, -0.05) is 12.1 Å². The van der Waals surface area contributed by atoms with Gasteiger partial charge in [0, 0.05) is 5.56 Å². The average molecular weight is 262 g/mol. The van der Waals surface area contributed by atoms with Crippen molar-refractivity contribution in [3.8, 4) is 11.5 Å². The molecular formula is C12H10N2O5. The number of carboxylic acids is 1. The van der Waals surface area contributed by atoms with Gasteiger partial charge in [-0.25, -0.2) is 9.78 Å². The number of aryl methyl sites for hydroxylation is 2. The van der Waals surface area contributed by atoms with Crippen LogP contribution in [0.5, 0.6) is 0 Å². The maximum Gasteiger partial charge on any atom is 0.358 e. The smallest absolute Gasteiger partial charge is 0.358 e. The molecule has 1 N–H and O–H groups in total. The van der Waals surface area contributed by atoms with Crippen LogP contribution >= 0.6 is 0 Å². The van der Waals surface area contributed by atoms with Gasteiger partial charge in [0.25, 0.3) is 5.69 Å². The first-order valence-electron chi connectivity index (χ1n) is 5.37. The van der Waals surface area contributed by atoms with Crippen molar-refractivity contribution in [2.45, 2.75) is 13.8 Å². The number of benzene rings is 1. The van der Waals surface area contributed by atoms with Gasteiger partial charge >= 0.3 is 5.97 Å². The number of aromatic carboxylic acids is 1. The number of carboxylic acid groups (broad SMARTS) is 1. The first-order chi connectivity index (χ1) is 8.91. The minimum atomic E-state index is -1.23. The number of hydrogen-bond acceptors (Lipinski definition) is 5. The summed E-state index contributed by atoms with van der Waals surface area (Å²) in [7, 11) is 0. The van der Waals surface area contributed by atoms with E-state index in [9.17, 15) is 14.9 Å². The van der Waals surface area contributed by atoms with E-state index in [1.54, 1.807) is 19.1 Å². The van der Waals surface area contributed by atoms with E-state index >= 15 is 0 Å². The van der Waals surface area contributed by atoms with Gasteiger partial charge < -0.3 is 9.52 Å². The van der Waals surface area contributed by atoms with Gasteiger partial charge in [-0.3, -0.25) is 10.1 Å². The molecule has 0 aliphatic carbocycles. The van der Waals surface area contributed by atoms with Crippen molar-refractivity contribution in [1.29, 1.82) is 0 Å². The molecular weight excluding hydrogens is 252 g/mol. The quantitative estimate of drug-likeness (QED) is 0.672. The predicted octanol–water partition coefficient (Wildman–Crippen LogP) is 2.56.